The SMILES string of the molecule is CN=C(NCCCCN1CCCC1)N1CCC(N(CC2CC2)C(=O)OC(C)(C)C)CC1. The minimum absolute atomic E-state index is 0.140. The molecule has 7 nitrogen and oxygen atoms in total. The van der Waals surface area contributed by atoms with Crippen molar-refractivity contribution in [2.75, 3.05) is 52.9 Å². The van der Waals surface area contributed by atoms with E-state index in [1.807, 2.05) is 32.7 Å². The Balaban J connectivity index is 1.40. The highest BCUT2D eigenvalue weighted by Gasteiger charge is 2.35. The largest absolute Gasteiger partial charge is 0.444 e. The van der Waals surface area contributed by atoms with Crippen LogP contribution in [0.15, 0.2) is 4.99 Å². The molecule has 3 aliphatic rings. The molecule has 0 spiro atoms. The zero-order valence-electron chi connectivity index (χ0n) is 20.4. The Morgan fingerprint density at radius 3 is 2.32 bits per heavy atom. The third-order valence-corrected chi connectivity index (χ3v) is 6.58. The molecule has 2 heterocycles. The van der Waals surface area contributed by atoms with Crippen LogP contribution in [0.5, 0.6) is 0 Å². The third kappa shape index (κ3) is 8.17. The van der Waals surface area contributed by atoms with Gasteiger partial charge in [0.05, 0.1) is 0 Å². The van der Waals surface area contributed by atoms with Crippen molar-refractivity contribution in [1.29, 1.82) is 0 Å². The zero-order chi connectivity index (χ0) is 22.3. The molecule has 0 aromatic rings. The molecule has 7 heteroatoms. The molecule has 1 saturated carbocycles. The molecule has 1 N–H and O–H groups in total. The number of carbonyl (C=O) groups excluding carboxylic acids is 1. The number of ether oxygens (including phenoxy) is 1. The summed E-state index contributed by atoms with van der Waals surface area (Å²) in [7, 11) is 1.87. The first-order chi connectivity index (χ1) is 14.9. The summed E-state index contributed by atoms with van der Waals surface area (Å²) >= 11 is 0. The topological polar surface area (TPSA) is 60.4 Å². The number of likely N-dealkylation sites (tertiary alicyclic amines) is 2. The van der Waals surface area contributed by atoms with Crippen LogP contribution in [0.25, 0.3) is 0 Å². The van der Waals surface area contributed by atoms with E-state index in [9.17, 15) is 4.79 Å². The highest BCUT2D eigenvalue weighted by Crippen LogP contribution is 2.32. The monoisotopic (exact) mass is 435 g/mol. The van der Waals surface area contributed by atoms with Crippen molar-refractivity contribution in [3.8, 4) is 0 Å². The van der Waals surface area contributed by atoms with Crippen molar-refractivity contribution >= 4 is 12.1 Å². The molecule has 0 bridgehead atoms. The molecule has 0 aromatic carbocycles. The molecule has 0 atom stereocenters. The lowest BCUT2D eigenvalue weighted by Crippen LogP contribution is -2.52. The smallest absolute Gasteiger partial charge is 0.410 e. The van der Waals surface area contributed by atoms with Crippen LogP contribution >= 0.6 is 0 Å². The van der Waals surface area contributed by atoms with Gasteiger partial charge in [-0.1, -0.05) is 0 Å². The molecule has 178 valence electrons. The first-order valence-electron chi connectivity index (χ1n) is 12.5. The molecule has 31 heavy (non-hydrogen) atoms. The van der Waals surface area contributed by atoms with Crippen LogP contribution in [-0.4, -0.2) is 91.3 Å². The van der Waals surface area contributed by atoms with Gasteiger partial charge in [-0.25, -0.2) is 4.79 Å². The van der Waals surface area contributed by atoms with Gasteiger partial charge in [0.25, 0.3) is 0 Å². The Bertz CT molecular complexity index is 585. The lowest BCUT2D eigenvalue weighted by atomic mass is 10.0. The lowest BCUT2D eigenvalue weighted by molar-refractivity contribution is 0.00928. The summed E-state index contributed by atoms with van der Waals surface area (Å²) in [5.41, 5.74) is -0.444. The van der Waals surface area contributed by atoms with E-state index >= 15 is 0 Å². The summed E-state index contributed by atoms with van der Waals surface area (Å²) in [5.74, 6) is 1.67. The maximum Gasteiger partial charge on any atom is 0.410 e. The Morgan fingerprint density at radius 1 is 1.06 bits per heavy atom. The van der Waals surface area contributed by atoms with E-state index in [-0.39, 0.29) is 12.1 Å². The van der Waals surface area contributed by atoms with Crippen LogP contribution in [0.3, 0.4) is 0 Å². The second kappa shape index (κ2) is 11.4. The van der Waals surface area contributed by atoms with Crippen molar-refractivity contribution in [1.82, 2.24) is 20.0 Å². The molecule has 0 unspecified atom stereocenters. The molecule has 0 radical (unpaired) electrons. The van der Waals surface area contributed by atoms with Crippen molar-refractivity contribution in [3.05, 3.63) is 0 Å². The van der Waals surface area contributed by atoms with Gasteiger partial charge in [-0.2, -0.15) is 0 Å². The van der Waals surface area contributed by atoms with Gasteiger partial charge in [0.1, 0.15) is 5.60 Å². The summed E-state index contributed by atoms with van der Waals surface area (Å²) in [4.78, 5) is 24.3. The average Bonchev–Trinajstić information content (AvgIpc) is 3.40. The van der Waals surface area contributed by atoms with Crippen LogP contribution in [0.2, 0.25) is 0 Å². The fourth-order valence-corrected chi connectivity index (χ4v) is 4.66. The summed E-state index contributed by atoms with van der Waals surface area (Å²) in [6, 6.07) is 0.269. The number of hydrogen-bond acceptors (Lipinski definition) is 4. The number of amides is 1. The van der Waals surface area contributed by atoms with Gasteiger partial charge in [-0.05, 0) is 97.7 Å². The Kier molecular flexibility index (Phi) is 8.87. The number of aliphatic imine (C=N–C) groups is 1. The molecular weight excluding hydrogens is 390 g/mol. The number of nitrogens with zero attached hydrogens (tertiary/aromatic N) is 4. The number of rotatable bonds is 8. The standard InChI is InChI=1S/C24H45N5O2/c1-24(2,3)31-23(30)29(19-20-9-10-20)21-11-17-28(18-12-21)22(25-4)26-13-5-6-14-27-15-7-8-16-27/h20-21H,5-19H2,1-4H3,(H,25,26). The maximum atomic E-state index is 12.8. The highest BCUT2D eigenvalue weighted by molar-refractivity contribution is 5.80. The normalized spacial score (nSPS) is 21.4. The number of piperidine rings is 1. The maximum absolute atomic E-state index is 12.8. The molecule has 3 fully saturated rings. The molecule has 0 aromatic heterocycles. The zero-order valence-corrected chi connectivity index (χ0v) is 20.4. The van der Waals surface area contributed by atoms with Crippen LogP contribution in [0.1, 0.15) is 72.1 Å². The minimum atomic E-state index is -0.444. The molecule has 1 amide bonds. The molecule has 2 aliphatic heterocycles. The third-order valence-electron chi connectivity index (χ3n) is 6.58. The highest BCUT2D eigenvalue weighted by atomic mass is 16.6. The van der Waals surface area contributed by atoms with Gasteiger partial charge in [0.2, 0.25) is 0 Å². The number of hydrogen-bond donors (Lipinski definition) is 1. The van der Waals surface area contributed by atoms with E-state index in [1.165, 1.54) is 58.2 Å². The van der Waals surface area contributed by atoms with Crippen LogP contribution in [-0.2, 0) is 4.74 Å². The number of guanidine groups is 1. The Morgan fingerprint density at radius 2 is 1.74 bits per heavy atom. The summed E-state index contributed by atoms with van der Waals surface area (Å²) in [6.07, 6.45) is 9.46. The second-order valence-electron chi connectivity index (χ2n) is 10.5. The average molecular weight is 436 g/mol. The van der Waals surface area contributed by atoms with Crippen molar-refractivity contribution in [3.63, 3.8) is 0 Å². The molecule has 2 saturated heterocycles. The lowest BCUT2D eigenvalue weighted by Gasteiger charge is -2.40. The first-order valence-corrected chi connectivity index (χ1v) is 12.5. The molecular formula is C24H45N5O2. The first kappa shape index (κ1) is 24.1. The summed E-state index contributed by atoms with van der Waals surface area (Å²) in [5, 5.41) is 3.56. The van der Waals surface area contributed by atoms with Gasteiger partial charge in [-0.3, -0.25) is 4.99 Å². The molecule has 1 aliphatic carbocycles. The quantitative estimate of drug-likeness (QED) is 0.359. The van der Waals surface area contributed by atoms with E-state index < -0.39 is 5.60 Å². The van der Waals surface area contributed by atoms with Crippen LogP contribution in [0.4, 0.5) is 4.79 Å². The summed E-state index contributed by atoms with van der Waals surface area (Å²) in [6.45, 7) is 13.3. The number of nitrogens with one attached hydrogen (secondary N) is 1. The van der Waals surface area contributed by atoms with Gasteiger partial charge in [0, 0.05) is 39.3 Å². The second-order valence-corrected chi connectivity index (χ2v) is 10.5. The van der Waals surface area contributed by atoms with Crippen molar-refractivity contribution < 1.29 is 9.53 Å². The van der Waals surface area contributed by atoms with Crippen LogP contribution < -0.4 is 5.32 Å². The number of carbonyl (C=O) groups is 1. The predicted octanol–water partition coefficient (Wildman–Crippen LogP) is 3.55. The van der Waals surface area contributed by atoms with E-state index in [0.29, 0.717) is 5.92 Å². The van der Waals surface area contributed by atoms with E-state index in [2.05, 4.69) is 20.1 Å². The van der Waals surface area contributed by atoms with Gasteiger partial charge in [0.15, 0.2) is 5.96 Å². The van der Waals surface area contributed by atoms with E-state index in [0.717, 1.165) is 45.0 Å². The van der Waals surface area contributed by atoms with Crippen molar-refractivity contribution in [2.45, 2.75) is 83.8 Å². The van der Waals surface area contributed by atoms with Crippen molar-refractivity contribution in [2.24, 2.45) is 10.9 Å². The Labute approximate surface area is 189 Å². The fourth-order valence-electron chi connectivity index (χ4n) is 4.66. The predicted molar refractivity (Wildman–Crippen MR) is 127 cm³/mol. The summed E-state index contributed by atoms with van der Waals surface area (Å²) < 4.78 is 5.72. The molecule has 3 rings (SSSR count). The van der Waals surface area contributed by atoms with Gasteiger partial charge >= 0.3 is 6.09 Å². The van der Waals surface area contributed by atoms with E-state index in [4.69, 9.17) is 4.74 Å². The van der Waals surface area contributed by atoms with Crippen LogP contribution in [0, 0.1) is 5.92 Å². The van der Waals surface area contributed by atoms with E-state index in [1.54, 1.807) is 0 Å². The number of unbranched alkanes of at least 4 members (excludes halogenated alkanes) is 1. The minimum Gasteiger partial charge on any atom is -0.444 e. The fraction of sp³-hybridized carbons (Fsp3) is 0.917. The van der Waals surface area contributed by atoms with Gasteiger partial charge in [-0.15, -0.1) is 0 Å². The Hall–Kier alpha value is -1.50. The van der Waals surface area contributed by atoms with Gasteiger partial charge < -0.3 is 24.8 Å².